The Morgan fingerprint density at radius 1 is 1.44 bits per heavy atom. The molecule has 0 aliphatic heterocycles. The first-order valence-electron chi connectivity index (χ1n) is 1.98. The van der Waals surface area contributed by atoms with Crippen LogP contribution in [0.4, 0.5) is 17.3 Å². The zero-order chi connectivity index (χ0) is 7.91. The van der Waals surface area contributed by atoms with E-state index in [1.54, 1.807) is 0 Å². The number of hydrogen-bond donors (Lipinski definition) is 0. The van der Waals surface area contributed by atoms with Gasteiger partial charge in [-0.15, -0.1) is 6.58 Å². The fourth-order valence-corrected chi connectivity index (χ4v) is 0. The van der Waals surface area contributed by atoms with E-state index < -0.39 is 7.25 Å². The second kappa shape index (κ2) is 5.62. The van der Waals surface area contributed by atoms with Gasteiger partial charge >= 0.3 is 8.68 Å². The zero-order valence-electron chi connectivity index (χ0n) is 5.49. The maximum Gasteiger partial charge on any atom is 1.00 e. The molecule has 0 saturated heterocycles. The van der Waals surface area contributed by atoms with E-state index in [0.29, 0.717) is 0 Å². The first kappa shape index (κ1) is 11.3. The quantitative estimate of drug-likeness (QED) is 0.305. The predicted molar refractivity (Wildman–Crippen MR) is 27.0 cm³/mol. The molecule has 0 heterocycles. The van der Waals surface area contributed by atoms with E-state index in [-0.39, 0.29) is 8.03 Å². The summed E-state index contributed by atoms with van der Waals surface area (Å²) in [5.74, 6) is 0. The van der Waals surface area contributed by atoms with Gasteiger partial charge in [-0.2, -0.15) is 0 Å². The second-order valence-electron chi connectivity index (χ2n) is 0.950. The van der Waals surface area contributed by atoms with Gasteiger partial charge in [0.05, 0.1) is 0 Å². The molecule has 0 aromatic rings. The van der Waals surface area contributed by atoms with Gasteiger partial charge in [0, 0.05) is 0 Å². The molecule has 0 amide bonds. The molecule has 0 rings (SSSR count). The average Bonchev–Trinajstić information content (AvgIpc) is 1.61. The first-order chi connectivity index (χ1) is 3.91. The van der Waals surface area contributed by atoms with Crippen molar-refractivity contribution < 1.29 is 23.8 Å². The molecular formula is C3H6BF4O. The van der Waals surface area contributed by atoms with Crippen LogP contribution in [0, 0.1) is 0 Å². The Kier molecular flexibility index (Phi) is 7.06. The topological polar surface area (TPSA) is 19.9 Å². The first-order valence-corrected chi connectivity index (χ1v) is 1.98. The van der Waals surface area contributed by atoms with Crippen LogP contribution in [0.5, 0.6) is 0 Å². The molecule has 1 radical (unpaired) electrons. The van der Waals surface area contributed by atoms with Crippen LogP contribution in [0.15, 0.2) is 12.7 Å². The van der Waals surface area contributed by atoms with Gasteiger partial charge in [-0.05, 0) is 0 Å². The summed E-state index contributed by atoms with van der Waals surface area (Å²) in [6.45, 7) is 3.00. The lowest BCUT2D eigenvalue weighted by Crippen LogP contribution is -2.02. The summed E-state index contributed by atoms with van der Waals surface area (Å²) in [5, 5.41) is 9.18. The summed E-state index contributed by atoms with van der Waals surface area (Å²) in [7, 11) is -6.00. The van der Waals surface area contributed by atoms with Crippen molar-refractivity contribution in [3.8, 4) is 0 Å². The Morgan fingerprint density at radius 2 is 1.56 bits per heavy atom. The molecule has 0 unspecified atom stereocenters. The molecule has 0 aliphatic rings. The molecule has 0 N–H and O–H groups in total. The van der Waals surface area contributed by atoms with Gasteiger partial charge in [0.2, 0.25) is 0 Å². The van der Waals surface area contributed by atoms with Crippen LogP contribution < -0.4 is 0 Å². The molecule has 0 aromatic carbocycles. The van der Waals surface area contributed by atoms with Crippen molar-refractivity contribution in [2.45, 2.75) is 0 Å². The predicted octanol–water partition coefficient (Wildman–Crippen LogP) is 2.02. The van der Waals surface area contributed by atoms with E-state index in [2.05, 4.69) is 6.58 Å². The van der Waals surface area contributed by atoms with Crippen molar-refractivity contribution in [1.82, 2.24) is 0 Å². The SMILES string of the molecule is C=CC[O].F[B-](F)(F)F.[H+]. The molecule has 1 nitrogen and oxygen atoms in total. The van der Waals surface area contributed by atoms with E-state index in [1.165, 1.54) is 6.08 Å². The Morgan fingerprint density at radius 3 is 1.56 bits per heavy atom. The highest BCUT2D eigenvalue weighted by atomic mass is 19.5. The Bertz CT molecular complexity index is 69.4. The summed E-state index contributed by atoms with van der Waals surface area (Å²) in [6.07, 6.45) is 1.32. The van der Waals surface area contributed by atoms with Crippen LogP contribution in [0.1, 0.15) is 1.43 Å². The molecule has 0 bridgehead atoms. The summed E-state index contributed by atoms with van der Waals surface area (Å²) in [6, 6.07) is 0. The molecule has 0 spiro atoms. The number of hydrogen-bond acceptors (Lipinski definition) is 0. The maximum atomic E-state index is 9.75. The maximum absolute atomic E-state index is 9.75. The molecule has 55 valence electrons. The van der Waals surface area contributed by atoms with Crippen LogP contribution in [0.25, 0.3) is 0 Å². The molecular weight excluding hydrogens is 139 g/mol. The fraction of sp³-hybridized carbons (Fsp3) is 0.333. The Hall–Kier alpha value is -0.515. The van der Waals surface area contributed by atoms with E-state index in [4.69, 9.17) is 0 Å². The van der Waals surface area contributed by atoms with Crippen molar-refractivity contribution in [1.29, 1.82) is 0 Å². The minimum Gasteiger partial charge on any atom is -0.418 e. The highest BCUT2D eigenvalue weighted by molar-refractivity contribution is 6.50. The van der Waals surface area contributed by atoms with Gasteiger partial charge in [-0.1, -0.05) is 6.08 Å². The Balaban J connectivity index is -0.0000000910. The van der Waals surface area contributed by atoms with Crippen LogP contribution in [0.3, 0.4) is 0 Å². The Labute approximate surface area is 51.6 Å². The van der Waals surface area contributed by atoms with Gasteiger partial charge in [0.25, 0.3) is 0 Å². The monoisotopic (exact) mass is 145 g/mol. The van der Waals surface area contributed by atoms with Crippen LogP contribution in [-0.4, -0.2) is 13.9 Å². The molecule has 0 aromatic heterocycles. The number of rotatable bonds is 1. The normalized spacial score (nSPS) is 9.44. The minimum atomic E-state index is -6.00. The van der Waals surface area contributed by atoms with Gasteiger partial charge < -0.3 is 17.3 Å². The van der Waals surface area contributed by atoms with E-state index in [0.717, 1.165) is 0 Å². The molecule has 0 aliphatic carbocycles. The molecule has 9 heavy (non-hydrogen) atoms. The number of halogens is 4. The third-order valence-corrected chi connectivity index (χ3v) is 0.118. The summed E-state index contributed by atoms with van der Waals surface area (Å²) in [4.78, 5) is 0. The highest BCUT2D eigenvalue weighted by Gasteiger charge is 2.20. The van der Waals surface area contributed by atoms with Crippen molar-refractivity contribution in [3.05, 3.63) is 12.7 Å². The lowest BCUT2D eigenvalue weighted by atomic mass is 10.3. The average molecular weight is 145 g/mol. The zero-order valence-corrected chi connectivity index (χ0v) is 4.49. The third kappa shape index (κ3) is 958. The van der Waals surface area contributed by atoms with Crippen molar-refractivity contribution in [3.63, 3.8) is 0 Å². The standard InChI is InChI=1S/C3H5O.BF4/c1-2-3-4;2-1(3,4)5/h2H,1,3H2;/q;-1/p+1. The van der Waals surface area contributed by atoms with Crippen LogP contribution >= 0.6 is 0 Å². The second-order valence-corrected chi connectivity index (χ2v) is 0.950. The van der Waals surface area contributed by atoms with Gasteiger partial charge in [-0.25, -0.2) is 5.11 Å². The summed E-state index contributed by atoms with van der Waals surface area (Å²) < 4.78 is 39.0. The van der Waals surface area contributed by atoms with Gasteiger partial charge in [0.1, 0.15) is 6.61 Å². The lowest BCUT2D eigenvalue weighted by Gasteiger charge is -1.94. The highest BCUT2D eigenvalue weighted by Crippen LogP contribution is 2.06. The molecule has 0 saturated carbocycles. The van der Waals surface area contributed by atoms with Crippen molar-refractivity contribution >= 4 is 7.25 Å². The molecule has 0 atom stereocenters. The van der Waals surface area contributed by atoms with E-state index in [9.17, 15) is 22.4 Å². The van der Waals surface area contributed by atoms with Crippen LogP contribution in [0.2, 0.25) is 0 Å². The van der Waals surface area contributed by atoms with Crippen LogP contribution in [-0.2, 0) is 5.11 Å². The van der Waals surface area contributed by atoms with E-state index in [1.807, 2.05) is 0 Å². The minimum absolute atomic E-state index is 0. The van der Waals surface area contributed by atoms with Crippen molar-refractivity contribution in [2.24, 2.45) is 0 Å². The summed E-state index contributed by atoms with van der Waals surface area (Å²) >= 11 is 0. The van der Waals surface area contributed by atoms with Gasteiger partial charge in [0.15, 0.2) is 0 Å². The van der Waals surface area contributed by atoms with Gasteiger partial charge in [-0.3, -0.25) is 0 Å². The largest absolute Gasteiger partial charge is 1.00 e. The fourth-order valence-electron chi connectivity index (χ4n) is 0. The molecule has 0 fully saturated rings. The van der Waals surface area contributed by atoms with E-state index >= 15 is 0 Å². The lowest BCUT2D eigenvalue weighted by molar-refractivity contribution is 0.232. The van der Waals surface area contributed by atoms with Crippen molar-refractivity contribution in [2.75, 3.05) is 6.61 Å². The molecule has 6 heteroatoms. The third-order valence-electron chi connectivity index (χ3n) is 0.118. The summed E-state index contributed by atoms with van der Waals surface area (Å²) in [5.41, 5.74) is 0. The smallest absolute Gasteiger partial charge is 0.418 e.